The Hall–Kier alpha value is -1.76. The molecule has 1 aromatic carbocycles. The smallest absolute Gasteiger partial charge is 0.304 e. The standard InChI is InChI=1S/C12H15NO5S/c1-8(2)18-10-5-9(13(16)17)6-11(7-10)19-4-3-12(14)15/h5-8H,3-4H2,1-2H3,(H,14,15). The van der Waals surface area contributed by atoms with Gasteiger partial charge >= 0.3 is 5.97 Å². The molecule has 104 valence electrons. The number of nitro groups is 1. The lowest BCUT2D eigenvalue weighted by molar-refractivity contribution is -0.385. The monoisotopic (exact) mass is 285 g/mol. The van der Waals surface area contributed by atoms with E-state index in [1.807, 2.05) is 13.8 Å². The zero-order valence-corrected chi connectivity index (χ0v) is 11.5. The van der Waals surface area contributed by atoms with Gasteiger partial charge in [-0.05, 0) is 19.9 Å². The lowest BCUT2D eigenvalue weighted by atomic mass is 10.3. The van der Waals surface area contributed by atoms with Gasteiger partial charge < -0.3 is 9.84 Å². The first kappa shape index (κ1) is 15.3. The number of hydrogen-bond acceptors (Lipinski definition) is 5. The van der Waals surface area contributed by atoms with E-state index in [4.69, 9.17) is 9.84 Å². The molecule has 1 rings (SSSR count). The van der Waals surface area contributed by atoms with Crippen LogP contribution in [0.15, 0.2) is 23.1 Å². The molecule has 0 aliphatic carbocycles. The lowest BCUT2D eigenvalue weighted by Crippen LogP contribution is -2.06. The number of nitrogens with zero attached hydrogens (tertiary/aromatic N) is 1. The van der Waals surface area contributed by atoms with E-state index in [9.17, 15) is 14.9 Å². The van der Waals surface area contributed by atoms with Gasteiger partial charge in [0.25, 0.3) is 5.69 Å². The van der Waals surface area contributed by atoms with E-state index >= 15 is 0 Å². The largest absolute Gasteiger partial charge is 0.491 e. The minimum absolute atomic E-state index is 0.00767. The van der Waals surface area contributed by atoms with Crippen molar-refractivity contribution in [3.8, 4) is 5.75 Å². The van der Waals surface area contributed by atoms with Crippen LogP contribution in [0.2, 0.25) is 0 Å². The van der Waals surface area contributed by atoms with Crippen LogP contribution in [0.4, 0.5) is 5.69 Å². The summed E-state index contributed by atoms with van der Waals surface area (Å²) in [6, 6.07) is 4.46. The first-order valence-corrected chi connectivity index (χ1v) is 6.68. The average molecular weight is 285 g/mol. The molecule has 19 heavy (non-hydrogen) atoms. The second-order valence-electron chi connectivity index (χ2n) is 4.08. The molecular formula is C12H15NO5S. The van der Waals surface area contributed by atoms with Gasteiger partial charge in [0.15, 0.2) is 0 Å². The van der Waals surface area contributed by atoms with Gasteiger partial charge in [-0.25, -0.2) is 0 Å². The highest BCUT2D eigenvalue weighted by Gasteiger charge is 2.12. The zero-order valence-electron chi connectivity index (χ0n) is 10.7. The molecule has 0 radical (unpaired) electrons. The van der Waals surface area contributed by atoms with Crippen molar-refractivity contribution in [3.05, 3.63) is 28.3 Å². The SMILES string of the molecule is CC(C)Oc1cc(SCCC(=O)O)cc([N+](=O)[O-])c1. The average Bonchev–Trinajstić information content (AvgIpc) is 2.27. The Labute approximate surface area is 114 Å². The van der Waals surface area contributed by atoms with E-state index in [-0.39, 0.29) is 18.2 Å². The number of ether oxygens (including phenoxy) is 1. The quantitative estimate of drug-likeness (QED) is 0.470. The van der Waals surface area contributed by atoms with Crippen LogP contribution in [0.25, 0.3) is 0 Å². The predicted molar refractivity (Wildman–Crippen MR) is 71.8 cm³/mol. The van der Waals surface area contributed by atoms with Crippen molar-refractivity contribution >= 4 is 23.4 Å². The fourth-order valence-corrected chi connectivity index (χ4v) is 2.26. The summed E-state index contributed by atoms with van der Waals surface area (Å²) >= 11 is 1.26. The first-order chi connectivity index (χ1) is 8.88. The van der Waals surface area contributed by atoms with Gasteiger partial charge in [-0.3, -0.25) is 14.9 Å². The van der Waals surface area contributed by atoms with E-state index in [2.05, 4.69) is 0 Å². The lowest BCUT2D eigenvalue weighted by Gasteiger charge is -2.10. The summed E-state index contributed by atoms with van der Waals surface area (Å²) in [5, 5.41) is 19.4. The van der Waals surface area contributed by atoms with Gasteiger partial charge in [-0.2, -0.15) is 0 Å². The van der Waals surface area contributed by atoms with Crippen molar-refractivity contribution in [1.29, 1.82) is 0 Å². The third-order valence-corrected chi connectivity index (χ3v) is 3.01. The molecule has 0 unspecified atom stereocenters. The van der Waals surface area contributed by atoms with E-state index in [1.54, 1.807) is 6.07 Å². The highest BCUT2D eigenvalue weighted by atomic mass is 32.2. The van der Waals surface area contributed by atoms with Crippen molar-refractivity contribution in [2.24, 2.45) is 0 Å². The Bertz CT molecular complexity index is 475. The normalized spacial score (nSPS) is 10.5. The molecular weight excluding hydrogens is 270 g/mol. The number of carboxylic acids is 1. The molecule has 7 heteroatoms. The first-order valence-electron chi connectivity index (χ1n) is 5.69. The van der Waals surface area contributed by atoms with Gasteiger partial charge in [0.2, 0.25) is 0 Å². The van der Waals surface area contributed by atoms with Crippen LogP contribution in [0.1, 0.15) is 20.3 Å². The predicted octanol–water partition coefficient (Wildman–Crippen LogP) is 2.95. The van der Waals surface area contributed by atoms with E-state index in [0.29, 0.717) is 16.4 Å². The number of carbonyl (C=O) groups is 1. The summed E-state index contributed by atoms with van der Waals surface area (Å²) in [4.78, 5) is 21.4. The topological polar surface area (TPSA) is 89.7 Å². The Balaban J connectivity index is 2.86. The summed E-state index contributed by atoms with van der Waals surface area (Å²) in [7, 11) is 0. The highest BCUT2D eigenvalue weighted by molar-refractivity contribution is 7.99. The third kappa shape index (κ3) is 5.60. The van der Waals surface area contributed by atoms with Gasteiger partial charge in [0.1, 0.15) is 5.75 Å². The van der Waals surface area contributed by atoms with E-state index in [1.165, 1.54) is 23.9 Å². The molecule has 0 fully saturated rings. The molecule has 0 aliphatic heterocycles. The maximum atomic E-state index is 10.8. The minimum atomic E-state index is -0.892. The van der Waals surface area contributed by atoms with Crippen LogP contribution in [0.3, 0.4) is 0 Å². The Kier molecular flexibility index (Phi) is 5.62. The third-order valence-electron chi connectivity index (χ3n) is 2.03. The number of rotatable bonds is 7. The zero-order chi connectivity index (χ0) is 14.4. The van der Waals surface area contributed by atoms with Crippen molar-refractivity contribution in [2.45, 2.75) is 31.3 Å². The summed E-state index contributed by atoms with van der Waals surface area (Å²) in [5.41, 5.74) is -0.0593. The number of non-ortho nitro benzene ring substituents is 1. The molecule has 0 spiro atoms. The minimum Gasteiger partial charge on any atom is -0.491 e. The fourth-order valence-electron chi connectivity index (χ4n) is 1.34. The molecule has 0 bridgehead atoms. The molecule has 1 N–H and O–H groups in total. The summed E-state index contributed by atoms with van der Waals surface area (Å²) < 4.78 is 5.44. The van der Waals surface area contributed by atoms with Crippen molar-refractivity contribution in [3.63, 3.8) is 0 Å². The summed E-state index contributed by atoms with van der Waals surface area (Å²) in [6.07, 6.45) is -0.0767. The van der Waals surface area contributed by atoms with Gasteiger partial charge in [-0.1, -0.05) is 0 Å². The van der Waals surface area contributed by atoms with Gasteiger partial charge in [0, 0.05) is 16.7 Å². The van der Waals surface area contributed by atoms with E-state index < -0.39 is 10.9 Å². The second kappa shape index (κ2) is 6.98. The van der Waals surface area contributed by atoms with Crippen LogP contribution < -0.4 is 4.74 Å². The maximum absolute atomic E-state index is 10.8. The molecule has 1 aromatic rings. The molecule has 0 heterocycles. The van der Waals surface area contributed by atoms with E-state index in [0.717, 1.165) is 0 Å². The van der Waals surface area contributed by atoms with Crippen molar-refractivity contribution in [1.82, 2.24) is 0 Å². The van der Waals surface area contributed by atoms with Crippen LogP contribution >= 0.6 is 11.8 Å². The number of benzene rings is 1. The number of carboxylic acid groups (broad SMARTS) is 1. The molecule has 0 amide bonds. The Morgan fingerprint density at radius 2 is 2.16 bits per heavy atom. The number of nitro benzene ring substituents is 1. The maximum Gasteiger partial charge on any atom is 0.304 e. The van der Waals surface area contributed by atoms with Crippen LogP contribution in [0, 0.1) is 10.1 Å². The van der Waals surface area contributed by atoms with Crippen LogP contribution in [-0.4, -0.2) is 27.9 Å². The van der Waals surface area contributed by atoms with Gasteiger partial charge in [-0.15, -0.1) is 11.8 Å². The highest BCUT2D eigenvalue weighted by Crippen LogP contribution is 2.30. The molecule has 0 aromatic heterocycles. The van der Waals surface area contributed by atoms with Crippen LogP contribution in [0.5, 0.6) is 5.75 Å². The Morgan fingerprint density at radius 1 is 1.47 bits per heavy atom. The molecule has 0 saturated heterocycles. The van der Waals surface area contributed by atoms with Gasteiger partial charge in [0.05, 0.1) is 23.5 Å². The molecule has 0 aliphatic rings. The molecule has 0 saturated carbocycles. The number of hydrogen-bond donors (Lipinski definition) is 1. The number of thioether (sulfide) groups is 1. The molecule has 0 atom stereocenters. The fraction of sp³-hybridized carbons (Fsp3) is 0.417. The van der Waals surface area contributed by atoms with Crippen molar-refractivity contribution in [2.75, 3.05) is 5.75 Å². The summed E-state index contributed by atoms with van der Waals surface area (Å²) in [6.45, 7) is 3.66. The summed E-state index contributed by atoms with van der Waals surface area (Å²) in [5.74, 6) is -0.115. The number of aliphatic carboxylic acids is 1. The van der Waals surface area contributed by atoms with Crippen molar-refractivity contribution < 1.29 is 19.6 Å². The molecule has 6 nitrogen and oxygen atoms in total. The Morgan fingerprint density at radius 3 is 2.68 bits per heavy atom. The van der Waals surface area contributed by atoms with Crippen LogP contribution in [-0.2, 0) is 4.79 Å². The second-order valence-corrected chi connectivity index (χ2v) is 5.25.